The molecule has 0 aromatic rings. The molecule has 96 valence electrons. The Balaban J connectivity index is 5.53. The van der Waals surface area contributed by atoms with Crippen LogP contribution in [0.4, 0.5) is 0 Å². The van der Waals surface area contributed by atoms with Crippen molar-refractivity contribution < 1.29 is 43.7 Å². The predicted octanol–water partition coefficient (Wildman–Crippen LogP) is -2.21. The molecule has 16 heavy (non-hydrogen) atoms. The van der Waals surface area contributed by atoms with Gasteiger partial charge < -0.3 is 35.5 Å². The van der Waals surface area contributed by atoms with Gasteiger partial charge >= 0.3 is 21.2 Å². The summed E-state index contributed by atoms with van der Waals surface area (Å²) in [4.78, 5) is 44.8. The first-order chi connectivity index (χ1) is 6.84. The second kappa shape index (κ2) is 4.52. The van der Waals surface area contributed by atoms with Crippen molar-refractivity contribution in [3.63, 3.8) is 0 Å². The molecule has 0 aromatic carbocycles. The number of aliphatic hydroxyl groups is 1. The number of carboxylic acid groups (broad SMARTS) is 1. The summed E-state index contributed by atoms with van der Waals surface area (Å²) in [6.45, 7) is 0. The molecule has 0 aliphatic rings. The van der Waals surface area contributed by atoms with E-state index in [1.807, 2.05) is 0 Å². The zero-order valence-corrected chi connectivity index (χ0v) is 9.45. The zero-order chi connectivity index (χ0) is 13.4. The van der Waals surface area contributed by atoms with Crippen molar-refractivity contribution in [2.24, 2.45) is 5.73 Å². The first kappa shape index (κ1) is 15.7. The maximum atomic E-state index is 10.8. The molecule has 10 nitrogen and oxygen atoms in total. The van der Waals surface area contributed by atoms with Gasteiger partial charge in [0.2, 0.25) is 0 Å². The molecule has 0 aliphatic heterocycles. The van der Waals surface area contributed by atoms with Crippen LogP contribution in [-0.4, -0.2) is 46.9 Å². The summed E-state index contributed by atoms with van der Waals surface area (Å²) in [5, 5.41) is 13.7. The SMILES string of the molecule is N[C@@H](CC(=O)O)C(O)(P(=O)(O)O)P(=O)(O)O. The van der Waals surface area contributed by atoms with Gasteiger partial charge in [0, 0.05) is 0 Å². The van der Waals surface area contributed by atoms with E-state index < -0.39 is 38.7 Å². The first-order valence-electron chi connectivity index (χ1n) is 3.65. The molecule has 0 amide bonds. The number of carbonyl (C=O) groups is 1. The molecule has 0 fully saturated rings. The molecule has 0 spiro atoms. The Morgan fingerprint density at radius 2 is 1.50 bits per heavy atom. The summed E-state index contributed by atoms with van der Waals surface area (Å²) >= 11 is 0. The number of carboxylic acids is 1. The molecular weight excluding hydrogens is 268 g/mol. The molecule has 0 unspecified atom stereocenters. The number of aliphatic carboxylic acids is 1. The van der Waals surface area contributed by atoms with Crippen LogP contribution in [0.15, 0.2) is 0 Å². The Bertz CT molecular complexity index is 346. The van der Waals surface area contributed by atoms with Crippen molar-refractivity contribution in [3.05, 3.63) is 0 Å². The van der Waals surface area contributed by atoms with Crippen LogP contribution in [0.5, 0.6) is 0 Å². The third kappa shape index (κ3) is 2.88. The third-order valence-electron chi connectivity index (χ3n) is 1.75. The normalized spacial score (nSPS) is 15.9. The van der Waals surface area contributed by atoms with Crippen LogP contribution in [0.25, 0.3) is 0 Å². The minimum absolute atomic E-state index is 1.22. The molecule has 0 radical (unpaired) electrons. The molecule has 0 saturated heterocycles. The van der Waals surface area contributed by atoms with E-state index in [2.05, 4.69) is 0 Å². The average molecular weight is 279 g/mol. The average Bonchev–Trinajstić information content (AvgIpc) is 1.96. The Hall–Kier alpha value is -0.310. The van der Waals surface area contributed by atoms with E-state index in [1.165, 1.54) is 0 Å². The highest BCUT2D eigenvalue weighted by molar-refractivity contribution is 7.72. The molecular formula is C4H11NO9P2. The fraction of sp³-hybridized carbons (Fsp3) is 0.750. The van der Waals surface area contributed by atoms with Crippen molar-refractivity contribution in [3.8, 4) is 0 Å². The maximum absolute atomic E-state index is 10.8. The monoisotopic (exact) mass is 279 g/mol. The maximum Gasteiger partial charge on any atom is 0.371 e. The standard InChI is InChI=1S/C4H11NO9P2/c5-2(1-3(6)7)4(8,15(9,10)11)16(12,13)14/h2,8H,1,5H2,(H,6,7)(H2,9,10,11)(H2,12,13,14)/t2-/m0/s1. The quantitative estimate of drug-likeness (QED) is 0.270. The Kier molecular flexibility index (Phi) is 4.43. The van der Waals surface area contributed by atoms with Crippen LogP contribution in [0, 0.1) is 0 Å². The minimum Gasteiger partial charge on any atom is -0.481 e. The van der Waals surface area contributed by atoms with Gasteiger partial charge in [-0.3, -0.25) is 13.9 Å². The van der Waals surface area contributed by atoms with E-state index in [1.54, 1.807) is 0 Å². The molecule has 1 atom stereocenters. The number of nitrogens with two attached hydrogens (primary N) is 1. The summed E-state index contributed by atoms with van der Waals surface area (Å²) in [5.74, 6) is -1.67. The lowest BCUT2D eigenvalue weighted by molar-refractivity contribution is -0.138. The van der Waals surface area contributed by atoms with Crippen molar-refractivity contribution in [2.75, 3.05) is 0 Å². The molecule has 0 aromatic heterocycles. The molecule has 8 N–H and O–H groups in total. The highest BCUT2D eigenvalue weighted by atomic mass is 31.2. The van der Waals surface area contributed by atoms with Gasteiger partial charge in [-0.2, -0.15) is 0 Å². The summed E-state index contributed by atoms with van der Waals surface area (Å²) in [5.41, 5.74) is 4.91. The molecule has 0 saturated carbocycles. The van der Waals surface area contributed by atoms with Gasteiger partial charge in [-0.15, -0.1) is 0 Å². The van der Waals surface area contributed by atoms with Gasteiger partial charge in [0.1, 0.15) is 0 Å². The van der Waals surface area contributed by atoms with E-state index in [0.29, 0.717) is 0 Å². The van der Waals surface area contributed by atoms with Crippen LogP contribution < -0.4 is 5.73 Å². The van der Waals surface area contributed by atoms with Gasteiger partial charge in [-0.25, -0.2) is 0 Å². The van der Waals surface area contributed by atoms with Crippen LogP contribution in [0.2, 0.25) is 0 Å². The van der Waals surface area contributed by atoms with E-state index >= 15 is 0 Å². The van der Waals surface area contributed by atoms with E-state index in [0.717, 1.165) is 0 Å². The van der Waals surface area contributed by atoms with E-state index in [-0.39, 0.29) is 0 Å². The lowest BCUT2D eigenvalue weighted by atomic mass is 10.2. The molecule has 0 bridgehead atoms. The summed E-state index contributed by atoms with van der Waals surface area (Å²) < 4.78 is 21.6. The summed E-state index contributed by atoms with van der Waals surface area (Å²) in [7, 11) is -11.4. The van der Waals surface area contributed by atoms with Crippen molar-refractivity contribution in [2.45, 2.75) is 17.5 Å². The second-order valence-corrected chi connectivity index (χ2v) is 6.87. The Morgan fingerprint density at radius 3 is 1.69 bits per heavy atom. The third-order valence-corrected chi connectivity index (χ3v) is 5.69. The first-order valence-corrected chi connectivity index (χ1v) is 6.87. The van der Waals surface area contributed by atoms with Gasteiger partial charge in [0.15, 0.2) is 0 Å². The topological polar surface area (TPSA) is 199 Å². The van der Waals surface area contributed by atoms with Crippen molar-refractivity contribution in [1.82, 2.24) is 0 Å². The summed E-state index contributed by atoms with van der Waals surface area (Å²) in [6, 6.07) is -2.31. The smallest absolute Gasteiger partial charge is 0.371 e. The lowest BCUT2D eigenvalue weighted by Crippen LogP contribution is -2.48. The van der Waals surface area contributed by atoms with Crippen LogP contribution in [0.3, 0.4) is 0 Å². The highest BCUT2D eigenvalue weighted by Crippen LogP contribution is 2.68. The van der Waals surface area contributed by atoms with Crippen LogP contribution in [-0.2, 0) is 13.9 Å². The Morgan fingerprint density at radius 1 is 1.19 bits per heavy atom. The second-order valence-electron chi connectivity index (χ2n) is 2.98. The van der Waals surface area contributed by atoms with Crippen molar-refractivity contribution in [1.29, 1.82) is 0 Å². The molecule has 0 heterocycles. The van der Waals surface area contributed by atoms with Gasteiger partial charge in [0.05, 0.1) is 12.5 Å². The number of rotatable bonds is 5. The predicted molar refractivity (Wildman–Crippen MR) is 49.3 cm³/mol. The van der Waals surface area contributed by atoms with Gasteiger partial charge in [-0.1, -0.05) is 0 Å². The number of hydrogen-bond acceptors (Lipinski definition) is 5. The van der Waals surface area contributed by atoms with Crippen molar-refractivity contribution >= 4 is 21.2 Å². The largest absolute Gasteiger partial charge is 0.481 e. The Labute approximate surface area is 89.0 Å². The molecule has 12 heteroatoms. The summed E-state index contributed by atoms with van der Waals surface area (Å²) in [6.07, 6.45) is -1.22. The van der Waals surface area contributed by atoms with Gasteiger partial charge in [-0.05, 0) is 0 Å². The fourth-order valence-electron chi connectivity index (χ4n) is 0.927. The lowest BCUT2D eigenvalue weighted by Gasteiger charge is -2.33. The molecule has 0 aliphatic carbocycles. The fourth-order valence-corrected chi connectivity index (χ4v) is 3.33. The van der Waals surface area contributed by atoms with Crippen LogP contribution in [0.1, 0.15) is 6.42 Å². The minimum atomic E-state index is -5.72. The number of hydrogen-bond donors (Lipinski definition) is 7. The highest BCUT2D eigenvalue weighted by Gasteiger charge is 2.63. The van der Waals surface area contributed by atoms with Gasteiger partial charge in [0.25, 0.3) is 5.08 Å². The van der Waals surface area contributed by atoms with Crippen LogP contribution >= 0.6 is 15.2 Å². The molecule has 0 rings (SSSR count). The van der Waals surface area contributed by atoms with E-state index in [4.69, 9.17) is 30.4 Å². The van der Waals surface area contributed by atoms with E-state index in [9.17, 15) is 19.0 Å². The zero-order valence-electron chi connectivity index (χ0n) is 7.66.